The molecule has 0 aliphatic heterocycles. The van der Waals surface area contributed by atoms with E-state index < -0.39 is 0 Å². The first kappa shape index (κ1) is 14.1. The van der Waals surface area contributed by atoms with Gasteiger partial charge in [-0.15, -0.1) is 0 Å². The molecule has 3 rings (SSSR count). The monoisotopic (exact) mass is 299 g/mol. The molecule has 3 aromatic rings. The van der Waals surface area contributed by atoms with Gasteiger partial charge in [0.2, 0.25) is 0 Å². The van der Waals surface area contributed by atoms with Crippen molar-refractivity contribution >= 4 is 17.2 Å². The number of halogens is 1. The molecule has 0 fully saturated rings. The Morgan fingerprint density at radius 1 is 1.19 bits per heavy atom. The number of nitrogens with zero attached hydrogens (tertiary/aromatic N) is 2. The lowest BCUT2D eigenvalue weighted by molar-refractivity contribution is 0.541. The quantitative estimate of drug-likeness (QED) is 0.778. The highest BCUT2D eigenvalue weighted by Gasteiger charge is 2.05. The average Bonchev–Trinajstić information content (AvgIpc) is 2.90. The Bertz CT molecular complexity index is 685. The van der Waals surface area contributed by atoms with Gasteiger partial charge in [-0.2, -0.15) is 0 Å². The van der Waals surface area contributed by atoms with Crippen molar-refractivity contribution in [1.29, 1.82) is 0 Å². The second kappa shape index (κ2) is 6.29. The van der Waals surface area contributed by atoms with Crippen LogP contribution in [0.25, 0.3) is 5.65 Å². The van der Waals surface area contributed by atoms with Crippen LogP contribution in [-0.2, 0) is 13.0 Å². The summed E-state index contributed by atoms with van der Waals surface area (Å²) in [7, 11) is 0. The van der Waals surface area contributed by atoms with E-state index in [0.717, 1.165) is 29.3 Å². The van der Waals surface area contributed by atoms with Gasteiger partial charge >= 0.3 is 0 Å². The van der Waals surface area contributed by atoms with Crippen LogP contribution in [0.15, 0.2) is 54.9 Å². The first-order chi connectivity index (χ1) is 10.2. The van der Waals surface area contributed by atoms with Crippen LogP contribution in [0.5, 0.6) is 0 Å². The summed E-state index contributed by atoms with van der Waals surface area (Å²) in [6.07, 6.45) is 5.06. The van der Waals surface area contributed by atoms with E-state index in [-0.39, 0.29) is 0 Å². The molecule has 2 aromatic heterocycles. The average molecular weight is 300 g/mol. The van der Waals surface area contributed by atoms with Crippen molar-refractivity contribution in [1.82, 2.24) is 14.7 Å². The number of benzene rings is 1. The van der Waals surface area contributed by atoms with Crippen LogP contribution in [0.3, 0.4) is 0 Å². The number of hydrogen-bond donors (Lipinski definition) is 1. The summed E-state index contributed by atoms with van der Waals surface area (Å²) in [5, 5.41) is 4.30. The summed E-state index contributed by atoms with van der Waals surface area (Å²) < 4.78 is 2.04. The molecule has 3 nitrogen and oxygen atoms in total. The van der Waals surface area contributed by atoms with Crippen LogP contribution in [0.4, 0.5) is 0 Å². The Morgan fingerprint density at radius 3 is 2.76 bits per heavy atom. The normalized spacial score (nSPS) is 12.7. The van der Waals surface area contributed by atoms with E-state index in [4.69, 9.17) is 11.6 Å². The molecule has 0 aliphatic carbocycles. The fourth-order valence-electron chi connectivity index (χ4n) is 2.40. The SMILES string of the molecule is CC(Cc1ccc(Cl)cc1)NCc1cn2ccccc2n1. The maximum Gasteiger partial charge on any atom is 0.137 e. The minimum absolute atomic E-state index is 0.385. The van der Waals surface area contributed by atoms with Crippen LogP contribution >= 0.6 is 11.6 Å². The van der Waals surface area contributed by atoms with Gasteiger partial charge in [-0.05, 0) is 43.2 Å². The van der Waals surface area contributed by atoms with E-state index in [0.29, 0.717) is 6.04 Å². The van der Waals surface area contributed by atoms with Crippen molar-refractivity contribution in [2.24, 2.45) is 0 Å². The molecule has 0 amide bonds. The first-order valence-corrected chi connectivity index (χ1v) is 7.49. The molecule has 0 bridgehead atoms. The lowest BCUT2D eigenvalue weighted by Crippen LogP contribution is -2.27. The molecule has 2 heterocycles. The largest absolute Gasteiger partial charge is 0.308 e. The van der Waals surface area contributed by atoms with Crippen molar-refractivity contribution in [3.8, 4) is 0 Å². The predicted molar refractivity (Wildman–Crippen MR) is 86.6 cm³/mol. The van der Waals surface area contributed by atoms with Gasteiger partial charge in [0.1, 0.15) is 5.65 Å². The first-order valence-electron chi connectivity index (χ1n) is 7.11. The van der Waals surface area contributed by atoms with Crippen molar-refractivity contribution in [3.05, 3.63) is 71.1 Å². The second-order valence-electron chi connectivity index (χ2n) is 5.31. The van der Waals surface area contributed by atoms with E-state index in [1.807, 2.05) is 40.9 Å². The van der Waals surface area contributed by atoms with Crippen molar-refractivity contribution in [2.75, 3.05) is 0 Å². The van der Waals surface area contributed by atoms with Gasteiger partial charge in [0, 0.05) is 30.0 Å². The summed E-state index contributed by atoms with van der Waals surface area (Å²) >= 11 is 5.90. The minimum atomic E-state index is 0.385. The topological polar surface area (TPSA) is 29.3 Å². The van der Waals surface area contributed by atoms with Crippen LogP contribution in [0.2, 0.25) is 5.02 Å². The van der Waals surface area contributed by atoms with Gasteiger partial charge in [-0.3, -0.25) is 0 Å². The lowest BCUT2D eigenvalue weighted by Gasteiger charge is -2.12. The Morgan fingerprint density at radius 2 is 2.00 bits per heavy atom. The summed E-state index contributed by atoms with van der Waals surface area (Å²) in [6.45, 7) is 2.96. The van der Waals surface area contributed by atoms with Gasteiger partial charge in [0.25, 0.3) is 0 Å². The number of hydrogen-bond acceptors (Lipinski definition) is 2. The standard InChI is InChI=1S/C17H18ClN3/c1-13(10-14-5-7-15(18)8-6-14)19-11-16-12-21-9-3-2-4-17(21)20-16/h2-9,12-13,19H,10-11H2,1H3. The maximum absolute atomic E-state index is 5.90. The number of rotatable bonds is 5. The minimum Gasteiger partial charge on any atom is -0.308 e. The van der Waals surface area contributed by atoms with Gasteiger partial charge < -0.3 is 9.72 Å². The van der Waals surface area contributed by atoms with Crippen molar-refractivity contribution in [2.45, 2.75) is 25.9 Å². The molecular formula is C17H18ClN3. The molecule has 4 heteroatoms. The second-order valence-corrected chi connectivity index (χ2v) is 5.75. The summed E-state index contributed by atoms with van der Waals surface area (Å²) in [6, 6.07) is 14.4. The molecule has 1 aromatic carbocycles. The highest BCUT2D eigenvalue weighted by atomic mass is 35.5. The van der Waals surface area contributed by atoms with Gasteiger partial charge in [0.15, 0.2) is 0 Å². The van der Waals surface area contributed by atoms with E-state index >= 15 is 0 Å². The third kappa shape index (κ3) is 3.63. The molecule has 0 aliphatic rings. The van der Waals surface area contributed by atoms with E-state index in [1.54, 1.807) is 0 Å². The molecule has 0 spiro atoms. The van der Waals surface area contributed by atoms with Crippen LogP contribution < -0.4 is 5.32 Å². The Kier molecular flexibility index (Phi) is 4.23. The molecular weight excluding hydrogens is 282 g/mol. The van der Waals surface area contributed by atoms with E-state index in [1.165, 1.54) is 5.56 Å². The Balaban J connectivity index is 1.57. The zero-order valence-corrected chi connectivity index (χ0v) is 12.7. The fourth-order valence-corrected chi connectivity index (χ4v) is 2.52. The highest BCUT2D eigenvalue weighted by Crippen LogP contribution is 2.11. The fraction of sp³-hybridized carbons (Fsp3) is 0.235. The zero-order valence-electron chi connectivity index (χ0n) is 12.0. The Labute approximate surface area is 129 Å². The summed E-state index contributed by atoms with van der Waals surface area (Å²) in [5.74, 6) is 0. The number of pyridine rings is 1. The molecule has 108 valence electrons. The van der Waals surface area contributed by atoms with Gasteiger partial charge in [0.05, 0.1) is 5.69 Å². The number of aromatic nitrogens is 2. The molecule has 0 radical (unpaired) electrons. The van der Waals surface area contributed by atoms with Crippen LogP contribution in [-0.4, -0.2) is 15.4 Å². The molecule has 1 atom stereocenters. The molecule has 1 unspecified atom stereocenters. The van der Waals surface area contributed by atoms with Crippen molar-refractivity contribution in [3.63, 3.8) is 0 Å². The van der Waals surface area contributed by atoms with Gasteiger partial charge in [-0.25, -0.2) is 4.98 Å². The Hall–Kier alpha value is -1.84. The van der Waals surface area contributed by atoms with Crippen LogP contribution in [0, 0.1) is 0 Å². The number of imidazole rings is 1. The van der Waals surface area contributed by atoms with E-state index in [2.05, 4.69) is 35.6 Å². The lowest BCUT2D eigenvalue weighted by atomic mass is 10.1. The zero-order chi connectivity index (χ0) is 14.7. The van der Waals surface area contributed by atoms with Crippen molar-refractivity contribution < 1.29 is 0 Å². The third-order valence-electron chi connectivity index (χ3n) is 3.50. The van der Waals surface area contributed by atoms with Gasteiger partial charge in [-0.1, -0.05) is 29.8 Å². The van der Waals surface area contributed by atoms with E-state index in [9.17, 15) is 0 Å². The number of nitrogens with one attached hydrogen (secondary N) is 1. The smallest absolute Gasteiger partial charge is 0.137 e. The van der Waals surface area contributed by atoms with Crippen LogP contribution in [0.1, 0.15) is 18.2 Å². The third-order valence-corrected chi connectivity index (χ3v) is 3.75. The molecule has 0 saturated heterocycles. The molecule has 0 saturated carbocycles. The number of fused-ring (bicyclic) bond motifs is 1. The summed E-state index contributed by atoms with van der Waals surface area (Å²) in [5.41, 5.74) is 3.33. The molecule has 21 heavy (non-hydrogen) atoms. The molecule has 1 N–H and O–H groups in total. The highest BCUT2D eigenvalue weighted by molar-refractivity contribution is 6.30. The maximum atomic E-state index is 5.90. The summed E-state index contributed by atoms with van der Waals surface area (Å²) in [4.78, 5) is 4.59. The predicted octanol–water partition coefficient (Wildman–Crippen LogP) is 3.71.